The molecule has 33 heavy (non-hydrogen) atoms. The van der Waals surface area contributed by atoms with Crippen molar-refractivity contribution in [3.63, 3.8) is 0 Å². The first-order chi connectivity index (χ1) is 16.1. The van der Waals surface area contributed by atoms with E-state index in [4.69, 9.17) is 4.42 Å². The molecular weight excluding hydrogens is 434 g/mol. The number of carbonyl (C=O) groups is 2. The van der Waals surface area contributed by atoms with Crippen LogP contribution in [0.15, 0.2) is 99.1 Å². The van der Waals surface area contributed by atoms with Crippen molar-refractivity contribution in [1.82, 2.24) is 5.32 Å². The lowest BCUT2D eigenvalue weighted by Gasteiger charge is -2.08. The quantitative estimate of drug-likeness (QED) is 0.367. The first kappa shape index (κ1) is 20.8. The van der Waals surface area contributed by atoms with Gasteiger partial charge in [0.05, 0.1) is 10.5 Å². The molecule has 0 saturated heterocycles. The van der Waals surface area contributed by atoms with Crippen LogP contribution in [0, 0.1) is 0 Å². The third kappa shape index (κ3) is 4.33. The third-order valence-electron chi connectivity index (χ3n) is 5.30. The number of phenols is 1. The van der Waals surface area contributed by atoms with Crippen LogP contribution >= 0.6 is 11.8 Å². The number of furan rings is 1. The Morgan fingerprint density at radius 3 is 2.58 bits per heavy atom. The van der Waals surface area contributed by atoms with Gasteiger partial charge < -0.3 is 14.8 Å². The van der Waals surface area contributed by atoms with E-state index in [0.717, 1.165) is 10.5 Å². The van der Waals surface area contributed by atoms with Gasteiger partial charge in [0.1, 0.15) is 17.3 Å². The van der Waals surface area contributed by atoms with E-state index in [-0.39, 0.29) is 23.0 Å². The number of ketones is 1. The summed E-state index contributed by atoms with van der Waals surface area (Å²) in [5.41, 5.74) is 2.48. The average molecular weight is 454 g/mol. The molecule has 2 N–H and O–H groups in total. The molecule has 2 heterocycles. The lowest BCUT2D eigenvalue weighted by Crippen LogP contribution is -2.22. The molecule has 0 spiro atoms. The molecule has 1 aromatic heterocycles. The topological polar surface area (TPSA) is 79.5 Å². The first-order valence-corrected chi connectivity index (χ1v) is 11.2. The summed E-state index contributed by atoms with van der Waals surface area (Å²) in [5.74, 6) is 0.570. The van der Waals surface area contributed by atoms with Crippen LogP contribution in [-0.4, -0.2) is 16.8 Å². The molecule has 4 aromatic rings. The number of nitrogens with one attached hydrogen (secondary N) is 1. The van der Waals surface area contributed by atoms with Gasteiger partial charge in [-0.15, -0.1) is 0 Å². The minimum atomic E-state index is -0.377. The van der Waals surface area contributed by atoms with Gasteiger partial charge in [-0.25, -0.2) is 0 Å². The van der Waals surface area contributed by atoms with Gasteiger partial charge in [-0.2, -0.15) is 0 Å². The highest BCUT2D eigenvalue weighted by Gasteiger charge is 2.25. The number of amides is 1. The van der Waals surface area contributed by atoms with Gasteiger partial charge >= 0.3 is 0 Å². The number of hydrogen-bond donors (Lipinski definition) is 2. The summed E-state index contributed by atoms with van der Waals surface area (Å²) in [6.45, 7) is 0.357. The molecule has 1 amide bonds. The molecule has 0 fully saturated rings. The molecular formula is C27H19NO4S. The average Bonchev–Trinajstić information content (AvgIpc) is 3.43. The van der Waals surface area contributed by atoms with Gasteiger partial charge in [0, 0.05) is 22.6 Å². The van der Waals surface area contributed by atoms with E-state index in [1.54, 1.807) is 30.3 Å². The number of phenolic OH excluding ortho intramolecular Hbond substituents is 1. The van der Waals surface area contributed by atoms with Gasteiger partial charge in [0.25, 0.3) is 5.91 Å². The fraction of sp³-hybridized carbons (Fsp3) is 0.0370. The molecule has 5 nitrogen and oxygen atoms in total. The Kier molecular flexibility index (Phi) is 5.59. The Labute approximate surface area is 194 Å². The summed E-state index contributed by atoms with van der Waals surface area (Å²) in [5, 5.41) is 13.0. The summed E-state index contributed by atoms with van der Waals surface area (Å²) >= 11 is 1.42. The van der Waals surface area contributed by atoms with E-state index in [9.17, 15) is 14.7 Å². The zero-order valence-electron chi connectivity index (χ0n) is 17.4. The van der Waals surface area contributed by atoms with Crippen molar-refractivity contribution >= 4 is 29.5 Å². The minimum Gasteiger partial charge on any atom is -0.507 e. The number of Topliss-reactive ketones (excluding diaryl/α,β-unsaturated/α-hetero) is 1. The normalized spacial score (nSPS) is 13.8. The monoisotopic (exact) mass is 453 g/mol. The maximum atomic E-state index is 12.7. The van der Waals surface area contributed by atoms with Crippen LogP contribution in [0.1, 0.15) is 32.0 Å². The number of fused-ring (bicyclic) bond motifs is 1. The molecule has 1 aliphatic heterocycles. The predicted molar refractivity (Wildman–Crippen MR) is 128 cm³/mol. The van der Waals surface area contributed by atoms with Gasteiger partial charge in [-0.05, 0) is 54.1 Å². The van der Waals surface area contributed by atoms with Gasteiger partial charge in [0.2, 0.25) is 5.78 Å². The highest BCUT2D eigenvalue weighted by atomic mass is 32.2. The minimum absolute atomic E-state index is 0.0180. The Balaban J connectivity index is 1.35. The summed E-state index contributed by atoms with van der Waals surface area (Å²) in [6, 6.07) is 25.4. The fourth-order valence-electron chi connectivity index (χ4n) is 3.60. The lowest BCUT2D eigenvalue weighted by atomic mass is 10.1. The van der Waals surface area contributed by atoms with E-state index in [2.05, 4.69) is 5.32 Å². The molecule has 0 bridgehead atoms. The first-order valence-electron chi connectivity index (χ1n) is 10.4. The van der Waals surface area contributed by atoms with Crippen LogP contribution in [0.2, 0.25) is 0 Å². The molecule has 0 radical (unpaired) electrons. The molecule has 0 unspecified atom stereocenters. The summed E-state index contributed by atoms with van der Waals surface area (Å²) in [6.07, 6.45) is 1.73. The van der Waals surface area contributed by atoms with Crippen molar-refractivity contribution in [3.8, 4) is 17.1 Å². The van der Waals surface area contributed by atoms with Crippen molar-refractivity contribution in [2.24, 2.45) is 0 Å². The number of rotatable bonds is 5. The Hall–Kier alpha value is -4.03. The fourth-order valence-corrected chi connectivity index (χ4v) is 4.63. The SMILES string of the molecule is O=C(NCc1ccccc1)c1cc(-c2ccc(/C=C3\Sc4ccccc4C3=O)o2)ccc1O. The maximum absolute atomic E-state index is 12.7. The highest BCUT2D eigenvalue weighted by molar-refractivity contribution is 8.04. The van der Waals surface area contributed by atoms with Crippen molar-refractivity contribution in [3.05, 3.63) is 112 Å². The Morgan fingerprint density at radius 1 is 0.970 bits per heavy atom. The molecule has 162 valence electrons. The van der Waals surface area contributed by atoms with Crippen molar-refractivity contribution in [1.29, 1.82) is 0 Å². The van der Waals surface area contributed by atoms with Crippen LogP contribution in [-0.2, 0) is 6.54 Å². The van der Waals surface area contributed by atoms with Crippen molar-refractivity contribution in [2.75, 3.05) is 0 Å². The number of benzene rings is 3. The number of thioether (sulfide) groups is 1. The number of aromatic hydroxyl groups is 1. The largest absolute Gasteiger partial charge is 0.507 e. The number of hydrogen-bond acceptors (Lipinski definition) is 5. The second kappa shape index (κ2) is 8.84. The second-order valence-corrected chi connectivity index (χ2v) is 8.62. The zero-order valence-corrected chi connectivity index (χ0v) is 18.3. The Morgan fingerprint density at radius 2 is 1.76 bits per heavy atom. The Bertz CT molecular complexity index is 1390. The summed E-state index contributed by atoms with van der Waals surface area (Å²) in [7, 11) is 0. The van der Waals surface area contributed by atoms with Crippen molar-refractivity contribution in [2.45, 2.75) is 11.4 Å². The maximum Gasteiger partial charge on any atom is 0.255 e. The van der Waals surface area contributed by atoms with Crippen LogP contribution in [0.25, 0.3) is 17.4 Å². The number of carbonyl (C=O) groups excluding carboxylic acids is 2. The second-order valence-electron chi connectivity index (χ2n) is 7.54. The third-order valence-corrected chi connectivity index (χ3v) is 6.40. The van der Waals surface area contributed by atoms with E-state index in [1.165, 1.54) is 17.8 Å². The number of allylic oxidation sites excluding steroid dienone is 1. The smallest absolute Gasteiger partial charge is 0.255 e. The molecule has 0 atom stereocenters. The van der Waals surface area contributed by atoms with Crippen molar-refractivity contribution < 1.29 is 19.1 Å². The molecule has 0 aliphatic carbocycles. The lowest BCUT2D eigenvalue weighted by molar-refractivity contribution is 0.0947. The summed E-state index contributed by atoms with van der Waals surface area (Å²) < 4.78 is 5.93. The standard InChI is InChI=1S/C27H19NO4S/c29-22-12-10-18(14-21(22)27(31)28-16-17-6-2-1-3-7-17)23-13-11-19(32-23)15-25-26(30)20-8-4-5-9-24(20)33-25/h1-15,29H,16H2,(H,28,31)/b25-15-. The van der Waals surface area contributed by atoms with Crippen LogP contribution < -0.4 is 5.32 Å². The predicted octanol–water partition coefficient (Wildman–Crippen LogP) is 5.91. The van der Waals surface area contributed by atoms with Crippen LogP contribution in [0.4, 0.5) is 0 Å². The molecule has 0 saturated carbocycles. The van der Waals surface area contributed by atoms with Crippen LogP contribution in [0.5, 0.6) is 5.75 Å². The van der Waals surface area contributed by atoms with Gasteiger partial charge in [-0.1, -0.05) is 54.2 Å². The van der Waals surface area contributed by atoms with E-state index in [1.807, 2.05) is 54.6 Å². The van der Waals surface area contributed by atoms with E-state index < -0.39 is 0 Å². The highest BCUT2D eigenvalue weighted by Crippen LogP contribution is 2.41. The molecule has 3 aromatic carbocycles. The summed E-state index contributed by atoms with van der Waals surface area (Å²) in [4.78, 5) is 26.8. The molecule has 6 heteroatoms. The van der Waals surface area contributed by atoms with Gasteiger partial charge in [-0.3, -0.25) is 9.59 Å². The van der Waals surface area contributed by atoms with E-state index in [0.29, 0.717) is 34.1 Å². The molecule has 1 aliphatic rings. The van der Waals surface area contributed by atoms with Crippen LogP contribution in [0.3, 0.4) is 0 Å². The van der Waals surface area contributed by atoms with Gasteiger partial charge in [0.15, 0.2) is 0 Å². The van der Waals surface area contributed by atoms with E-state index >= 15 is 0 Å². The zero-order chi connectivity index (χ0) is 22.8. The molecule has 5 rings (SSSR count).